The highest BCUT2D eigenvalue weighted by atomic mass is 79.9. The molecule has 7 nitrogen and oxygen atoms in total. The summed E-state index contributed by atoms with van der Waals surface area (Å²) >= 11 is 15.5. The van der Waals surface area contributed by atoms with E-state index < -0.39 is 18.5 Å². The van der Waals surface area contributed by atoms with Crippen LogP contribution in [-0.4, -0.2) is 24.4 Å². The van der Waals surface area contributed by atoms with Crippen molar-refractivity contribution in [3.8, 4) is 11.5 Å². The number of aryl methyl sites for hydroxylation is 2. The van der Waals surface area contributed by atoms with Crippen LogP contribution in [0.15, 0.2) is 59.1 Å². The fraction of sp³-hybridized carbons (Fsp3) is 0.192. The van der Waals surface area contributed by atoms with E-state index in [1.807, 2.05) is 26.0 Å². The number of benzene rings is 3. The maximum absolute atomic E-state index is 12.2. The van der Waals surface area contributed by atoms with E-state index in [2.05, 4.69) is 26.6 Å². The van der Waals surface area contributed by atoms with E-state index in [1.54, 1.807) is 42.5 Å². The van der Waals surface area contributed by atoms with E-state index in [1.165, 1.54) is 0 Å². The summed E-state index contributed by atoms with van der Waals surface area (Å²) in [5.74, 6) is -0.505. The number of carbonyl (C=O) groups excluding carboxylic acids is 3. The normalized spacial score (nSPS) is 10.5. The number of ether oxygens (including phenoxy) is 2. The van der Waals surface area contributed by atoms with Crippen molar-refractivity contribution in [2.45, 2.75) is 26.7 Å². The summed E-state index contributed by atoms with van der Waals surface area (Å²) in [5.41, 5.74) is 3.09. The van der Waals surface area contributed by atoms with Crippen molar-refractivity contribution < 1.29 is 23.9 Å². The minimum absolute atomic E-state index is 0.0931. The van der Waals surface area contributed by atoms with Gasteiger partial charge in [-0.25, -0.2) is 0 Å². The first-order chi connectivity index (χ1) is 17.1. The molecule has 0 aliphatic rings. The summed E-state index contributed by atoms with van der Waals surface area (Å²) in [7, 11) is 0. The largest absolute Gasteiger partial charge is 0.456 e. The first-order valence-corrected chi connectivity index (χ1v) is 12.4. The van der Waals surface area contributed by atoms with E-state index in [-0.39, 0.29) is 18.7 Å². The number of hydrogen-bond donors (Lipinski definition) is 2. The van der Waals surface area contributed by atoms with Crippen LogP contribution in [0, 0.1) is 13.8 Å². The average molecular weight is 594 g/mol. The second-order valence-electron chi connectivity index (χ2n) is 7.88. The molecule has 0 atom stereocenters. The summed E-state index contributed by atoms with van der Waals surface area (Å²) < 4.78 is 11.6. The maximum Gasteiger partial charge on any atom is 0.306 e. The zero-order chi connectivity index (χ0) is 26.2. The molecule has 10 heteroatoms. The van der Waals surface area contributed by atoms with Crippen molar-refractivity contribution in [1.82, 2.24) is 0 Å². The quantitative estimate of drug-likeness (QED) is 0.259. The van der Waals surface area contributed by atoms with Gasteiger partial charge in [0, 0.05) is 27.3 Å². The lowest BCUT2D eigenvalue weighted by atomic mass is 10.1. The molecule has 0 saturated carbocycles. The SMILES string of the molecule is Cc1cc(NC(=O)COC(=O)CCC(=O)Nc2ccc(Oc3ccc(Cl)cc3Cl)cc2)cc(C)c1Br. The van der Waals surface area contributed by atoms with Gasteiger partial charge >= 0.3 is 5.97 Å². The maximum atomic E-state index is 12.2. The highest BCUT2D eigenvalue weighted by Gasteiger charge is 2.12. The van der Waals surface area contributed by atoms with E-state index >= 15 is 0 Å². The van der Waals surface area contributed by atoms with Gasteiger partial charge in [0.25, 0.3) is 5.91 Å². The highest BCUT2D eigenvalue weighted by molar-refractivity contribution is 9.10. The fourth-order valence-electron chi connectivity index (χ4n) is 3.16. The fourth-order valence-corrected chi connectivity index (χ4v) is 3.84. The molecule has 3 rings (SSSR count). The predicted molar refractivity (Wildman–Crippen MR) is 144 cm³/mol. The van der Waals surface area contributed by atoms with Gasteiger partial charge < -0.3 is 20.1 Å². The highest BCUT2D eigenvalue weighted by Crippen LogP contribution is 2.32. The number of anilines is 2. The summed E-state index contributed by atoms with van der Waals surface area (Å²) in [6.07, 6.45) is -0.254. The van der Waals surface area contributed by atoms with Gasteiger partial charge in [0.1, 0.15) is 11.5 Å². The second-order valence-corrected chi connectivity index (χ2v) is 9.52. The monoisotopic (exact) mass is 592 g/mol. The van der Waals surface area contributed by atoms with Crippen molar-refractivity contribution in [2.24, 2.45) is 0 Å². The number of carbonyl (C=O) groups is 3. The lowest BCUT2D eigenvalue weighted by Crippen LogP contribution is -2.22. The number of rotatable bonds is 9. The lowest BCUT2D eigenvalue weighted by Gasteiger charge is -2.10. The number of nitrogens with one attached hydrogen (secondary N) is 2. The van der Waals surface area contributed by atoms with Gasteiger partial charge in [-0.3, -0.25) is 14.4 Å². The number of halogens is 3. The van der Waals surface area contributed by atoms with Gasteiger partial charge in [-0.15, -0.1) is 0 Å². The van der Waals surface area contributed by atoms with E-state index in [4.69, 9.17) is 32.7 Å². The zero-order valence-corrected chi connectivity index (χ0v) is 22.6. The second kappa shape index (κ2) is 12.8. The molecule has 0 unspecified atom stereocenters. The van der Waals surface area contributed by atoms with Crippen LogP contribution in [-0.2, 0) is 19.1 Å². The molecular weight excluding hydrogens is 571 g/mol. The minimum atomic E-state index is -0.646. The topological polar surface area (TPSA) is 93.7 Å². The Morgan fingerprint density at radius 2 is 1.47 bits per heavy atom. The minimum Gasteiger partial charge on any atom is -0.456 e. The molecule has 2 amide bonds. The van der Waals surface area contributed by atoms with Gasteiger partial charge in [-0.1, -0.05) is 39.1 Å². The molecule has 0 saturated heterocycles. The van der Waals surface area contributed by atoms with Crippen molar-refractivity contribution in [1.29, 1.82) is 0 Å². The molecule has 36 heavy (non-hydrogen) atoms. The molecule has 0 aromatic heterocycles. The van der Waals surface area contributed by atoms with Crippen molar-refractivity contribution in [3.05, 3.63) is 80.2 Å². The summed E-state index contributed by atoms with van der Waals surface area (Å²) in [6, 6.07) is 15.2. The van der Waals surface area contributed by atoms with Crippen molar-refractivity contribution >= 4 is 68.3 Å². The predicted octanol–water partition coefficient (Wildman–Crippen LogP) is 7.07. The molecule has 0 radical (unpaired) electrons. The van der Waals surface area contributed by atoms with Gasteiger partial charge in [0.2, 0.25) is 5.91 Å². The molecule has 0 spiro atoms. The molecule has 0 bridgehead atoms. The third kappa shape index (κ3) is 8.26. The lowest BCUT2D eigenvalue weighted by molar-refractivity contribution is -0.147. The summed E-state index contributed by atoms with van der Waals surface area (Å²) in [5, 5.41) is 6.26. The van der Waals surface area contributed by atoms with Crippen LogP contribution in [0.5, 0.6) is 11.5 Å². The van der Waals surface area contributed by atoms with Crippen LogP contribution in [0.25, 0.3) is 0 Å². The summed E-state index contributed by atoms with van der Waals surface area (Å²) in [4.78, 5) is 36.2. The molecule has 3 aromatic carbocycles. The van der Waals surface area contributed by atoms with Crippen LogP contribution in [0.2, 0.25) is 10.0 Å². The van der Waals surface area contributed by atoms with Gasteiger partial charge in [-0.2, -0.15) is 0 Å². The van der Waals surface area contributed by atoms with Crippen molar-refractivity contribution in [2.75, 3.05) is 17.2 Å². The molecule has 0 aliphatic carbocycles. The van der Waals surface area contributed by atoms with Gasteiger partial charge in [0.05, 0.1) is 11.4 Å². The number of amides is 2. The van der Waals surface area contributed by atoms with Crippen molar-refractivity contribution in [3.63, 3.8) is 0 Å². The summed E-state index contributed by atoms with van der Waals surface area (Å²) in [6.45, 7) is 3.39. The third-order valence-corrected chi connectivity index (χ3v) is 6.68. The molecule has 0 heterocycles. The third-order valence-electron chi connectivity index (χ3n) is 4.90. The van der Waals surface area contributed by atoms with E-state index in [0.29, 0.717) is 32.9 Å². The molecule has 2 N–H and O–H groups in total. The molecule has 0 aliphatic heterocycles. The average Bonchev–Trinajstić information content (AvgIpc) is 2.83. The van der Waals surface area contributed by atoms with Crippen LogP contribution < -0.4 is 15.4 Å². The van der Waals surface area contributed by atoms with Crippen LogP contribution >= 0.6 is 39.1 Å². The molecular formula is C26H23BrCl2N2O5. The Kier molecular flexibility index (Phi) is 9.75. The number of hydrogen-bond acceptors (Lipinski definition) is 5. The Balaban J connectivity index is 1.39. The Morgan fingerprint density at radius 1 is 0.833 bits per heavy atom. The van der Waals surface area contributed by atoms with Crippen LogP contribution in [0.3, 0.4) is 0 Å². The smallest absolute Gasteiger partial charge is 0.306 e. The van der Waals surface area contributed by atoms with Crippen LogP contribution in [0.1, 0.15) is 24.0 Å². The molecule has 188 valence electrons. The first-order valence-electron chi connectivity index (χ1n) is 10.9. The van der Waals surface area contributed by atoms with Crippen LogP contribution in [0.4, 0.5) is 11.4 Å². The number of esters is 1. The van der Waals surface area contributed by atoms with E-state index in [9.17, 15) is 14.4 Å². The molecule has 3 aromatic rings. The standard InChI is InChI=1S/C26H23BrCl2N2O5/c1-15-11-19(12-16(2)26(15)27)31-24(33)14-35-25(34)10-9-23(32)30-18-4-6-20(7-5-18)36-22-8-3-17(28)13-21(22)29/h3-8,11-13H,9-10,14H2,1-2H3,(H,30,32)(H,31,33). The van der Waals surface area contributed by atoms with Gasteiger partial charge in [0.15, 0.2) is 6.61 Å². The molecule has 0 fully saturated rings. The Morgan fingerprint density at radius 3 is 2.11 bits per heavy atom. The van der Waals surface area contributed by atoms with E-state index in [0.717, 1.165) is 15.6 Å². The first kappa shape index (κ1) is 27.5. The van der Waals surface area contributed by atoms with Gasteiger partial charge in [-0.05, 0) is 79.6 Å². The zero-order valence-electron chi connectivity index (χ0n) is 19.5. The Hall–Kier alpha value is -3.07. The Bertz CT molecular complexity index is 1260. The Labute approximate surface area is 227 Å².